The molecule has 1 aliphatic rings. The second-order valence-electron chi connectivity index (χ2n) is 4.71. The van der Waals surface area contributed by atoms with Gasteiger partial charge in [0.05, 0.1) is 11.6 Å². The van der Waals surface area contributed by atoms with Gasteiger partial charge in [0.2, 0.25) is 5.91 Å². The predicted molar refractivity (Wildman–Crippen MR) is 80.9 cm³/mol. The van der Waals surface area contributed by atoms with Gasteiger partial charge in [-0.3, -0.25) is 9.59 Å². The lowest BCUT2D eigenvalue weighted by Gasteiger charge is -2.11. The van der Waals surface area contributed by atoms with Gasteiger partial charge in [0.1, 0.15) is 0 Å². The fourth-order valence-electron chi connectivity index (χ4n) is 2.05. The molecule has 0 bridgehead atoms. The lowest BCUT2D eigenvalue weighted by Crippen LogP contribution is -2.38. The zero-order valence-corrected chi connectivity index (χ0v) is 12.2. The summed E-state index contributed by atoms with van der Waals surface area (Å²) in [6, 6.07) is 4.93. The molecule has 0 saturated carbocycles. The molecule has 1 aromatic rings. The van der Waals surface area contributed by atoms with Crippen molar-refractivity contribution in [3.05, 3.63) is 34.3 Å². The highest BCUT2D eigenvalue weighted by molar-refractivity contribution is 6.32. The summed E-state index contributed by atoms with van der Waals surface area (Å²) in [5.74, 6) is 5.35. The van der Waals surface area contributed by atoms with Gasteiger partial charge in [-0.05, 0) is 24.6 Å². The Hall–Kier alpha value is -2.03. The average Bonchev–Trinajstić information content (AvgIpc) is 2.89. The minimum atomic E-state index is -0.226. The van der Waals surface area contributed by atoms with E-state index in [4.69, 9.17) is 17.3 Å². The summed E-state index contributed by atoms with van der Waals surface area (Å²) in [5, 5.41) is 5.99. The number of halogens is 1. The summed E-state index contributed by atoms with van der Waals surface area (Å²) < 4.78 is 0. The van der Waals surface area contributed by atoms with Crippen molar-refractivity contribution in [1.29, 1.82) is 0 Å². The van der Waals surface area contributed by atoms with Crippen LogP contribution in [0.15, 0.2) is 18.2 Å². The molecule has 110 valence electrons. The Balaban J connectivity index is 1.96. The predicted octanol–water partition coefficient (Wildman–Crippen LogP) is 0.659. The first kappa shape index (κ1) is 15.4. The third-order valence-corrected chi connectivity index (χ3v) is 3.46. The van der Waals surface area contributed by atoms with Crippen molar-refractivity contribution in [3.63, 3.8) is 0 Å². The Kier molecular flexibility index (Phi) is 5.20. The smallest absolute Gasteiger partial charge is 0.251 e. The van der Waals surface area contributed by atoms with E-state index in [1.165, 1.54) is 0 Å². The molecule has 6 heteroatoms. The average molecular weight is 306 g/mol. The third-order valence-electron chi connectivity index (χ3n) is 3.15. The van der Waals surface area contributed by atoms with E-state index < -0.39 is 0 Å². The molecule has 1 atom stereocenters. The number of carbonyl (C=O) groups is 2. The SMILES string of the molecule is NCC#Cc1ccc(C(=O)NCC2CCC(=O)N2)cc1Cl. The van der Waals surface area contributed by atoms with Gasteiger partial charge < -0.3 is 16.4 Å². The van der Waals surface area contributed by atoms with Crippen LogP contribution < -0.4 is 16.4 Å². The molecule has 4 N–H and O–H groups in total. The van der Waals surface area contributed by atoms with Crippen molar-refractivity contribution in [2.24, 2.45) is 5.73 Å². The van der Waals surface area contributed by atoms with E-state index in [0.717, 1.165) is 6.42 Å². The Bertz CT molecular complexity index is 619. The summed E-state index contributed by atoms with van der Waals surface area (Å²) in [4.78, 5) is 23.1. The molecule has 1 aliphatic heterocycles. The van der Waals surface area contributed by atoms with Crippen LogP contribution in [-0.2, 0) is 4.79 Å². The molecule has 0 spiro atoms. The van der Waals surface area contributed by atoms with Crippen LogP contribution in [0.5, 0.6) is 0 Å². The molecule has 0 aliphatic carbocycles. The van der Waals surface area contributed by atoms with Gasteiger partial charge >= 0.3 is 0 Å². The van der Waals surface area contributed by atoms with E-state index in [1.54, 1.807) is 18.2 Å². The Labute approximate surface area is 128 Å². The van der Waals surface area contributed by atoms with Crippen LogP contribution in [0.4, 0.5) is 0 Å². The van der Waals surface area contributed by atoms with E-state index in [-0.39, 0.29) is 24.4 Å². The van der Waals surface area contributed by atoms with E-state index in [2.05, 4.69) is 22.5 Å². The van der Waals surface area contributed by atoms with E-state index in [9.17, 15) is 9.59 Å². The lowest BCUT2D eigenvalue weighted by atomic mass is 10.1. The third kappa shape index (κ3) is 4.22. The Morgan fingerprint density at radius 1 is 1.52 bits per heavy atom. The Morgan fingerprint density at radius 2 is 2.33 bits per heavy atom. The number of hydrogen-bond acceptors (Lipinski definition) is 3. The van der Waals surface area contributed by atoms with E-state index >= 15 is 0 Å². The number of amides is 2. The van der Waals surface area contributed by atoms with Crippen LogP contribution in [-0.4, -0.2) is 30.9 Å². The highest BCUT2D eigenvalue weighted by Crippen LogP contribution is 2.17. The largest absolute Gasteiger partial charge is 0.352 e. The number of hydrogen-bond donors (Lipinski definition) is 3. The minimum absolute atomic E-state index is 0.00613. The van der Waals surface area contributed by atoms with Crippen molar-refractivity contribution >= 4 is 23.4 Å². The van der Waals surface area contributed by atoms with Crippen molar-refractivity contribution in [2.75, 3.05) is 13.1 Å². The van der Waals surface area contributed by atoms with Crippen LogP contribution in [0.2, 0.25) is 5.02 Å². The molecule has 0 radical (unpaired) electrons. The molecule has 1 saturated heterocycles. The summed E-state index contributed by atoms with van der Waals surface area (Å²) in [7, 11) is 0. The molecule has 2 amide bonds. The van der Waals surface area contributed by atoms with Gasteiger partial charge in [0, 0.05) is 30.1 Å². The summed E-state index contributed by atoms with van der Waals surface area (Å²) in [6.45, 7) is 0.669. The minimum Gasteiger partial charge on any atom is -0.352 e. The van der Waals surface area contributed by atoms with Crippen LogP contribution in [0, 0.1) is 11.8 Å². The molecule has 5 nitrogen and oxygen atoms in total. The van der Waals surface area contributed by atoms with Crippen LogP contribution in [0.25, 0.3) is 0 Å². The lowest BCUT2D eigenvalue weighted by molar-refractivity contribution is -0.119. The van der Waals surface area contributed by atoms with Gasteiger partial charge in [-0.25, -0.2) is 0 Å². The first-order valence-electron chi connectivity index (χ1n) is 6.66. The van der Waals surface area contributed by atoms with Gasteiger partial charge in [-0.15, -0.1) is 0 Å². The fraction of sp³-hybridized carbons (Fsp3) is 0.333. The highest BCUT2D eigenvalue weighted by atomic mass is 35.5. The molecule has 0 aromatic heterocycles. The van der Waals surface area contributed by atoms with Crippen LogP contribution in [0.3, 0.4) is 0 Å². The zero-order chi connectivity index (χ0) is 15.2. The normalized spacial score (nSPS) is 16.9. The first-order valence-corrected chi connectivity index (χ1v) is 7.04. The van der Waals surface area contributed by atoms with Crippen LogP contribution >= 0.6 is 11.6 Å². The van der Waals surface area contributed by atoms with Crippen molar-refractivity contribution < 1.29 is 9.59 Å². The maximum absolute atomic E-state index is 12.0. The molecular formula is C15H16ClN3O2. The molecule has 1 unspecified atom stereocenters. The quantitative estimate of drug-likeness (QED) is 0.717. The van der Waals surface area contributed by atoms with Gasteiger partial charge in [-0.2, -0.15) is 0 Å². The maximum atomic E-state index is 12.0. The van der Waals surface area contributed by atoms with Gasteiger partial charge in [-0.1, -0.05) is 23.4 Å². The monoisotopic (exact) mass is 305 g/mol. The number of nitrogens with one attached hydrogen (secondary N) is 2. The molecule has 1 fully saturated rings. The number of rotatable bonds is 3. The maximum Gasteiger partial charge on any atom is 0.251 e. The standard InChI is InChI=1S/C15H16ClN3O2/c16-13-8-11(4-3-10(13)2-1-7-17)15(21)18-9-12-5-6-14(20)19-12/h3-4,8,12H,5-7,9,17H2,(H,18,21)(H,19,20). The highest BCUT2D eigenvalue weighted by Gasteiger charge is 2.21. The van der Waals surface area contributed by atoms with E-state index in [0.29, 0.717) is 29.1 Å². The van der Waals surface area contributed by atoms with E-state index in [1.807, 2.05) is 0 Å². The molecular weight excluding hydrogens is 290 g/mol. The zero-order valence-electron chi connectivity index (χ0n) is 11.4. The molecule has 1 aromatic carbocycles. The fourth-order valence-corrected chi connectivity index (χ4v) is 2.28. The van der Waals surface area contributed by atoms with Crippen LogP contribution in [0.1, 0.15) is 28.8 Å². The summed E-state index contributed by atoms with van der Waals surface area (Å²) in [6.07, 6.45) is 1.26. The number of benzene rings is 1. The van der Waals surface area contributed by atoms with Gasteiger partial charge in [0.25, 0.3) is 5.91 Å². The second kappa shape index (κ2) is 7.11. The number of carbonyl (C=O) groups excluding carboxylic acids is 2. The van der Waals surface area contributed by atoms with Crippen molar-refractivity contribution in [1.82, 2.24) is 10.6 Å². The van der Waals surface area contributed by atoms with Crippen molar-refractivity contribution in [2.45, 2.75) is 18.9 Å². The first-order chi connectivity index (χ1) is 10.1. The Morgan fingerprint density at radius 3 is 2.95 bits per heavy atom. The molecule has 2 rings (SSSR count). The summed E-state index contributed by atoms with van der Waals surface area (Å²) >= 11 is 6.08. The topological polar surface area (TPSA) is 84.2 Å². The second-order valence-corrected chi connectivity index (χ2v) is 5.12. The van der Waals surface area contributed by atoms with Gasteiger partial charge in [0.15, 0.2) is 0 Å². The van der Waals surface area contributed by atoms with Crippen molar-refractivity contribution in [3.8, 4) is 11.8 Å². The summed E-state index contributed by atoms with van der Waals surface area (Å²) in [5.41, 5.74) is 6.40. The molecule has 1 heterocycles. The molecule has 21 heavy (non-hydrogen) atoms. The number of nitrogens with two attached hydrogens (primary N) is 1.